The van der Waals surface area contributed by atoms with E-state index in [1.54, 1.807) is 0 Å². The highest BCUT2D eigenvalue weighted by molar-refractivity contribution is 9.10. The molecule has 1 N–H and O–H groups in total. The van der Waals surface area contributed by atoms with E-state index in [-0.39, 0.29) is 17.9 Å². The Hall–Kier alpha value is -1.80. The number of ether oxygens (including phenoxy) is 2. The Labute approximate surface area is 127 Å². The third kappa shape index (κ3) is 3.85. The summed E-state index contributed by atoms with van der Waals surface area (Å²) >= 11 is 3.14. The van der Waals surface area contributed by atoms with Crippen molar-refractivity contribution in [1.29, 1.82) is 0 Å². The van der Waals surface area contributed by atoms with Gasteiger partial charge in [-0.15, -0.1) is 0 Å². The summed E-state index contributed by atoms with van der Waals surface area (Å²) in [6, 6.07) is 5.81. The van der Waals surface area contributed by atoms with Crippen LogP contribution in [0.1, 0.15) is 5.69 Å². The van der Waals surface area contributed by atoms with Gasteiger partial charge in [-0.2, -0.15) is 8.78 Å². The monoisotopic (exact) mass is 360 g/mol. The normalized spacial score (nSPS) is 10.9. The van der Waals surface area contributed by atoms with Crippen molar-refractivity contribution < 1.29 is 18.3 Å². The fraction of sp³-hybridized carbons (Fsp3) is 0.231. The van der Waals surface area contributed by atoms with Crippen LogP contribution in [0.2, 0.25) is 0 Å². The van der Waals surface area contributed by atoms with Crippen molar-refractivity contribution in [2.45, 2.75) is 13.2 Å². The Kier molecular flexibility index (Phi) is 5.03. The number of halogens is 3. The van der Waals surface area contributed by atoms with Crippen molar-refractivity contribution in [3.05, 3.63) is 44.8 Å². The van der Waals surface area contributed by atoms with Gasteiger partial charge in [0.05, 0.1) is 12.3 Å². The molecule has 21 heavy (non-hydrogen) atoms. The maximum absolute atomic E-state index is 12.1. The molecule has 0 saturated heterocycles. The standard InChI is InChI=1S/C13H11BrF2N2O3/c1-20-6-9-10(14)12(19)18-11(17-9)7-2-4-8(5-3-7)21-13(15)16/h2-5,13H,6H2,1H3,(H,17,18,19). The Morgan fingerprint density at radius 3 is 2.57 bits per heavy atom. The van der Waals surface area contributed by atoms with Crippen molar-refractivity contribution in [3.8, 4) is 17.1 Å². The fourth-order valence-electron chi connectivity index (χ4n) is 1.67. The molecule has 2 aromatic rings. The first-order valence-electron chi connectivity index (χ1n) is 5.84. The maximum atomic E-state index is 12.1. The molecule has 0 radical (unpaired) electrons. The zero-order chi connectivity index (χ0) is 15.4. The predicted octanol–water partition coefficient (Wildman–Crippen LogP) is 2.95. The van der Waals surface area contributed by atoms with Crippen molar-refractivity contribution in [2.24, 2.45) is 0 Å². The number of hydrogen-bond acceptors (Lipinski definition) is 4. The van der Waals surface area contributed by atoms with Crippen LogP contribution < -0.4 is 10.3 Å². The van der Waals surface area contributed by atoms with E-state index in [9.17, 15) is 13.6 Å². The predicted molar refractivity (Wildman–Crippen MR) is 75.3 cm³/mol. The van der Waals surface area contributed by atoms with Gasteiger partial charge in [0.25, 0.3) is 5.56 Å². The van der Waals surface area contributed by atoms with E-state index in [4.69, 9.17) is 4.74 Å². The number of nitrogens with zero attached hydrogens (tertiary/aromatic N) is 1. The van der Waals surface area contributed by atoms with Crippen LogP contribution in [-0.4, -0.2) is 23.7 Å². The van der Waals surface area contributed by atoms with Gasteiger partial charge in [0.1, 0.15) is 16.0 Å². The van der Waals surface area contributed by atoms with Gasteiger partial charge in [-0.05, 0) is 40.2 Å². The highest BCUT2D eigenvalue weighted by Crippen LogP contribution is 2.21. The van der Waals surface area contributed by atoms with Crippen LogP contribution in [0.5, 0.6) is 5.75 Å². The van der Waals surface area contributed by atoms with Crippen LogP contribution in [0.25, 0.3) is 11.4 Å². The maximum Gasteiger partial charge on any atom is 0.387 e. The number of alkyl halides is 2. The van der Waals surface area contributed by atoms with Gasteiger partial charge < -0.3 is 14.5 Å². The van der Waals surface area contributed by atoms with E-state index in [1.165, 1.54) is 31.4 Å². The van der Waals surface area contributed by atoms with Crippen molar-refractivity contribution in [2.75, 3.05) is 7.11 Å². The number of nitrogens with one attached hydrogen (secondary N) is 1. The van der Waals surface area contributed by atoms with Gasteiger partial charge in [-0.1, -0.05) is 0 Å². The van der Waals surface area contributed by atoms with Crippen LogP contribution in [0.15, 0.2) is 33.5 Å². The average Bonchev–Trinajstić information content (AvgIpc) is 2.44. The number of hydrogen-bond donors (Lipinski definition) is 1. The van der Waals surface area contributed by atoms with E-state index in [2.05, 4.69) is 30.6 Å². The van der Waals surface area contributed by atoms with Gasteiger partial charge in [0.2, 0.25) is 0 Å². The van der Waals surface area contributed by atoms with Gasteiger partial charge in [-0.3, -0.25) is 4.79 Å². The molecule has 2 rings (SSSR count). The highest BCUT2D eigenvalue weighted by Gasteiger charge is 2.11. The minimum Gasteiger partial charge on any atom is -0.435 e. The molecule has 8 heteroatoms. The van der Waals surface area contributed by atoms with Gasteiger partial charge >= 0.3 is 6.61 Å². The molecule has 0 amide bonds. The number of benzene rings is 1. The zero-order valence-electron chi connectivity index (χ0n) is 10.9. The molecule has 1 aromatic carbocycles. The molecule has 0 atom stereocenters. The number of aromatic nitrogens is 2. The molecule has 0 aliphatic carbocycles. The first kappa shape index (κ1) is 15.6. The Balaban J connectivity index is 2.35. The summed E-state index contributed by atoms with van der Waals surface area (Å²) in [5.41, 5.74) is 0.669. The first-order chi connectivity index (χ1) is 10.0. The van der Waals surface area contributed by atoms with E-state index >= 15 is 0 Å². The number of aromatic amines is 1. The Morgan fingerprint density at radius 2 is 2.00 bits per heavy atom. The smallest absolute Gasteiger partial charge is 0.387 e. The second kappa shape index (κ2) is 6.77. The molecule has 0 aliphatic rings. The SMILES string of the molecule is COCc1nc(-c2ccc(OC(F)F)cc2)[nH]c(=O)c1Br. The molecule has 0 aliphatic heterocycles. The van der Waals surface area contributed by atoms with E-state index < -0.39 is 6.61 Å². The van der Waals surface area contributed by atoms with Gasteiger partial charge in [0.15, 0.2) is 0 Å². The van der Waals surface area contributed by atoms with Crippen LogP contribution in [0.4, 0.5) is 8.78 Å². The molecule has 0 fully saturated rings. The molecule has 0 saturated carbocycles. The minimum atomic E-state index is -2.88. The lowest BCUT2D eigenvalue weighted by molar-refractivity contribution is -0.0498. The highest BCUT2D eigenvalue weighted by atomic mass is 79.9. The molecule has 0 unspecified atom stereocenters. The minimum absolute atomic E-state index is 0.0327. The zero-order valence-corrected chi connectivity index (χ0v) is 12.5. The lowest BCUT2D eigenvalue weighted by Gasteiger charge is -2.08. The topological polar surface area (TPSA) is 64.2 Å². The molecule has 1 aromatic heterocycles. The van der Waals surface area contributed by atoms with Crippen molar-refractivity contribution >= 4 is 15.9 Å². The van der Waals surface area contributed by atoms with Gasteiger partial charge in [-0.25, -0.2) is 4.98 Å². The van der Waals surface area contributed by atoms with Gasteiger partial charge in [0, 0.05) is 12.7 Å². The third-order valence-corrected chi connectivity index (χ3v) is 3.38. The average molecular weight is 361 g/mol. The van der Waals surface area contributed by atoms with Crippen LogP contribution in [0, 0.1) is 0 Å². The molecule has 112 valence electrons. The second-order valence-corrected chi connectivity index (χ2v) is 4.80. The number of methoxy groups -OCH3 is 1. The lowest BCUT2D eigenvalue weighted by Crippen LogP contribution is -2.14. The lowest BCUT2D eigenvalue weighted by atomic mass is 10.2. The number of rotatable bonds is 5. The van der Waals surface area contributed by atoms with Crippen LogP contribution in [-0.2, 0) is 11.3 Å². The summed E-state index contributed by atoms with van der Waals surface area (Å²) in [6.07, 6.45) is 0. The Morgan fingerprint density at radius 1 is 1.33 bits per heavy atom. The molecule has 0 spiro atoms. The van der Waals surface area contributed by atoms with Crippen LogP contribution >= 0.6 is 15.9 Å². The van der Waals surface area contributed by atoms with Crippen LogP contribution in [0.3, 0.4) is 0 Å². The number of H-pyrrole nitrogens is 1. The van der Waals surface area contributed by atoms with E-state index in [0.29, 0.717) is 21.6 Å². The fourth-order valence-corrected chi connectivity index (χ4v) is 1.97. The molecule has 0 bridgehead atoms. The van der Waals surface area contributed by atoms with E-state index in [1.807, 2.05) is 0 Å². The summed E-state index contributed by atoms with van der Waals surface area (Å²) < 4.78 is 33.7. The molecular formula is C13H11BrF2N2O3. The van der Waals surface area contributed by atoms with Crippen molar-refractivity contribution in [1.82, 2.24) is 9.97 Å². The van der Waals surface area contributed by atoms with Crippen molar-refractivity contribution in [3.63, 3.8) is 0 Å². The summed E-state index contributed by atoms with van der Waals surface area (Å²) in [5, 5.41) is 0. The summed E-state index contributed by atoms with van der Waals surface area (Å²) in [4.78, 5) is 18.7. The summed E-state index contributed by atoms with van der Waals surface area (Å²) in [7, 11) is 1.49. The van der Waals surface area contributed by atoms with E-state index in [0.717, 1.165) is 0 Å². The molecular weight excluding hydrogens is 350 g/mol. The molecule has 1 heterocycles. The third-order valence-electron chi connectivity index (χ3n) is 2.57. The summed E-state index contributed by atoms with van der Waals surface area (Å²) in [5.74, 6) is 0.351. The quantitative estimate of drug-likeness (QED) is 0.890. The second-order valence-electron chi connectivity index (χ2n) is 4.01. The first-order valence-corrected chi connectivity index (χ1v) is 6.63. The largest absolute Gasteiger partial charge is 0.435 e. The molecule has 5 nitrogen and oxygen atoms in total. The summed E-state index contributed by atoms with van der Waals surface area (Å²) in [6.45, 7) is -2.71. The Bertz CT molecular complexity index is 674.